The summed E-state index contributed by atoms with van der Waals surface area (Å²) in [5.74, 6) is 0.0768. The monoisotopic (exact) mass is 506 g/mol. The molecule has 3 rings (SSSR count). The second kappa shape index (κ2) is 11.5. The first-order valence-corrected chi connectivity index (χ1v) is 11.9. The van der Waals surface area contributed by atoms with E-state index in [9.17, 15) is 9.59 Å². The van der Waals surface area contributed by atoms with Gasteiger partial charge >= 0.3 is 0 Å². The predicted octanol–water partition coefficient (Wildman–Crippen LogP) is 5.22. The van der Waals surface area contributed by atoms with Crippen LogP contribution in [0.25, 0.3) is 0 Å². The molecule has 0 unspecified atom stereocenters. The zero-order valence-electron chi connectivity index (χ0n) is 17.7. The smallest absolute Gasteiger partial charge is 0.247 e. The normalized spacial score (nSPS) is 15.2. The third-order valence-electron chi connectivity index (χ3n) is 5.62. The second-order valence-corrected chi connectivity index (χ2v) is 8.99. The number of nitrogens with one attached hydrogen (secondary N) is 1. The predicted molar refractivity (Wildman–Crippen MR) is 126 cm³/mol. The van der Waals surface area contributed by atoms with Crippen molar-refractivity contribution < 1.29 is 14.3 Å². The summed E-state index contributed by atoms with van der Waals surface area (Å²) >= 11 is 9.46. The molecule has 1 fully saturated rings. The fourth-order valence-electron chi connectivity index (χ4n) is 4.00. The highest BCUT2D eigenvalue weighted by Gasteiger charge is 2.32. The maximum Gasteiger partial charge on any atom is 0.247 e. The molecule has 31 heavy (non-hydrogen) atoms. The van der Waals surface area contributed by atoms with Crippen molar-refractivity contribution in [1.29, 1.82) is 0 Å². The van der Waals surface area contributed by atoms with Crippen LogP contribution in [0.2, 0.25) is 0 Å². The van der Waals surface area contributed by atoms with Gasteiger partial charge in [-0.25, -0.2) is 0 Å². The van der Waals surface area contributed by atoms with Crippen LogP contribution in [0, 0.1) is 0 Å². The van der Waals surface area contributed by atoms with Gasteiger partial charge in [-0.1, -0.05) is 59.5 Å². The van der Waals surface area contributed by atoms with E-state index in [-0.39, 0.29) is 30.3 Å². The molecule has 1 saturated carbocycles. The number of benzene rings is 2. The van der Waals surface area contributed by atoms with Crippen molar-refractivity contribution in [2.24, 2.45) is 0 Å². The summed E-state index contributed by atoms with van der Waals surface area (Å²) in [5, 5.41) is 3.19. The number of halogens is 2. The van der Waals surface area contributed by atoms with Gasteiger partial charge in [0, 0.05) is 17.1 Å². The number of methoxy groups -OCH3 is 1. The van der Waals surface area contributed by atoms with E-state index in [1.54, 1.807) is 12.0 Å². The van der Waals surface area contributed by atoms with Crippen molar-refractivity contribution in [3.05, 3.63) is 64.1 Å². The van der Waals surface area contributed by atoms with Crippen LogP contribution in [0.15, 0.2) is 53.0 Å². The Balaban J connectivity index is 1.93. The van der Waals surface area contributed by atoms with E-state index < -0.39 is 6.04 Å². The Bertz CT molecular complexity index is 885. The van der Waals surface area contributed by atoms with E-state index in [0.29, 0.717) is 0 Å². The summed E-state index contributed by atoms with van der Waals surface area (Å²) in [6.45, 7) is 0.269. The first-order chi connectivity index (χ1) is 15.0. The minimum atomic E-state index is -0.771. The van der Waals surface area contributed by atoms with Crippen molar-refractivity contribution in [2.45, 2.75) is 50.7 Å². The van der Waals surface area contributed by atoms with Crippen molar-refractivity contribution in [1.82, 2.24) is 10.2 Å². The molecule has 0 aromatic heterocycles. The number of carbonyl (C=O) groups excluding carboxylic acids is 2. The first-order valence-electron chi connectivity index (χ1n) is 10.6. The lowest BCUT2D eigenvalue weighted by Gasteiger charge is -2.33. The average Bonchev–Trinajstić information content (AvgIpc) is 2.79. The molecule has 1 atom stereocenters. The van der Waals surface area contributed by atoms with Crippen LogP contribution in [-0.4, -0.2) is 35.7 Å². The molecular weight excluding hydrogens is 480 g/mol. The minimum absolute atomic E-state index is 0.143. The molecule has 1 N–H and O–H groups in total. The number of ether oxygens (including phenoxy) is 1. The van der Waals surface area contributed by atoms with Gasteiger partial charge in [-0.15, -0.1) is 11.6 Å². The largest absolute Gasteiger partial charge is 0.497 e. The molecule has 0 radical (unpaired) electrons. The maximum atomic E-state index is 13.5. The fourth-order valence-corrected chi connectivity index (χ4v) is 4.57. The average molecular weight is 508 g/mol. The van der Waals surface area contributed by atoms with Gasteiger partial charge in [0.15, 0.2) is 0 Å². The van der Waals surface area contributed by atoms with Crippen LogP contribution in [-0.2, 0) is 16.1 Å². The van der Waals surface area contributed by atoms with Crippen LogP contribution in [0.4, 0.5) is 0 Å². The second-order valence-electron chi connectivity index (χ2n) is 7.80. The molecule has 166 valence electrons. The van der Waals surface area contributed by atoms with Gasteiger partial charge in [-0.3, -0.25) is 9.59 Å². The van der Waals surface area contributed by atoms with E-state index in [2.05, 4.69) is 21.2 Å². The SMILES string of the molecule is COc1ccc(CN(C(=O)CCl)[C@@H](C(=O)NC2CCCCC2)c2cccc(Br)c2)cc1. The highest BCUT2D eigenvalue weighted by molar-refractivity contribution is 9.10. The molecule has 0 heterocycles. The van der Waals surface area contributed by atoms with Crippen molar-refractivity contribution >= 4 is 39.3 Å². The molecule has 5 nitrogen and oxygen atoms in total. The molecule has 1 aliphatic rings. The Morgan fingerprint density at radius 2 is 1.87 bits per heavy atom. The molecule has 0 saturated heterocycles. The maximum absolute atomic E-state index is 13.5. The van der Waals surface area contributed by atoms with E-state index in [0.717, 1.165) is 47.0 Å². The number of amides is 2. The molecule has 2 aromatic rings. The molecule has 2 aromatic carbocycles. The molecule has 0 spiro atoms. The standard InChI is InChI=1S/C24H28BrClN2O3/c1-31-21-12-10-17(11-13-21)16-28(22(29)15-26)23(18-6-5-7-19(25)14-18)24(30)27-20-8-3-2-4-9-20/h5-7,10-14,20,23H,2-4,8-9,15-16H2,1H3,(H,27,30)/t23-/m1/s1. The lowest BCUT2D eigenvalue weighted by Crippen LogP contribution is -2.47. The highest BCUT2D eigenvalue weighted by Crippen LogP contribution is 2.28. The zero-order valence-corrected chi connectivity index (χ0v) is 20.0. The number of hydrogen-bond donors (Lipinski definition) is 1. The number of carbonyl (C=O) groups is 2. The van der Waals surface area contributed by atoms with Gasteiger partial charge in [0.05, 0.1) is 7.11 Å². The Kier molecular flexibility index (Phi) is 8.79. The van der Waals surface area contributed by atoms with Gasteiger partial charge in [-0.2, -0.15) is 0 Å². The molecule has 7 heteroatoms. The summed E-state index contributed by atoms with van der Waals surface area (Å²) < 4.78 is 6.07. The van der Waals surface area contributed by atoms with Crippen molar-refractivity contribution in [3.63, 3.8) is 0 Å². The lowest BCUT2D eigenvalue weighted by atomic mass is 9.94. The number of alkyl halides is 1. The molecule has 1 aliphatic carbocycles. The van der Waals surface area contributed by atoms with Gasteiger partial charge in [0.25, 0.3) is 0 Å². The molecular formula is C24H28BrClN2O3. The Morgan fingerprint density at radius 3 is 2.48 bits per heavy atom. The minimum Gasteiger partial charge on any atom is -0.497 e. The molecule has 2 amide bonds. The number of hydrogen-bond acceptors (Lipinski definition) is 3. The summed E-state index contributed by atoms with van der Waals surface area (Å²) in [5.41, 5.74) is 1.64. The summed E-state index contributed by atoms with van der Waals surface area (Å²) in [6, 6.07) is 14.4. The van der Waals surface area contributed by atoms with Crippen LogP contribution in [0.3, 0.4) is 0 Å². The van der Waals surface area contributed by atoms with Gasteiger partial charge < -0.3 is 15.0 Å². The van der Waals surface area contributed by atoms with Crippen molar-refractivity contribution in [3.8, 4) is 5.75 Å². The van der Waals surface area contributed by atoms with Crippen LogP contribution in [0.5, 0.6) is 5.75 Å². The summed E-state index contributed by atoms with van der Waals surface area (Å²) in [4.78, 5) is 28.0. The van der Waals surface area contributed by atoms with Gasteiger partial charge in [0.1, 0.15) is 17.7 Å². The third-order valence-corrected chi connectivity index (χ3v) is 6.34. The van der Waals surface area contributed by atoms with E-state index in [1.165, 1.54) is 6.42 Å². The molecule has 0 aliphatic heterocycles. The van der Waals surface area contributed by atoms with E-state index >= 15 is 0 Å². The summed E-state index contributed by atoms with van der Waals surface area (Å²) in [6.07, 6.45) is 5.37. The third kappa shape index (κ3) is 6.47. The quantitative estimate of drug-likeness (QED) is 0.499. The lowest BCUT2D eigenvalue weighted by molar-refractivity contribution is -0.140. The van der Waals surface area contributed by atoms with Crippen molar-refractivity contribution in [2.75, 3.05) is 13.0 Å². The van der Waals surface area contributed by atoms with Crippen LogP contribution in [0.1, 0.15) is 49.3 Å². The molecule has 0 bridgehead atoms. The number of nitrogens with zero attached hydrogens (tertiary/aromatic N) is 1. The first kappa shape index (κ1) is 23.6. The van der Waals surface area contributed by atoms with E-state index in [1.807, 2.05) is 48.5 Å². The fraction of sp³-hybridized carbons (Fsp3) is 0.417. The Hall–Kier alpha value is -2.05. The summed E-state index contributed by atoms with van der Waals surface area (Å²) in [7, 11) is 1.61. The van der Waals surface area contributed by atoms with E-state index in [4.69, 9.17) is 16.3 Å². The van der Waals surface area contributed by atoms with Crippen LogP contribution < -0.4 is 10.1 Å². The van der Waals surface area contributed by atoms with Gasteiger partial charge in [0.2, 0.25) is 11.8 Å². The highest BCUT2D eigenvalue weighted by atomic mass is 79.9. The van der Waals surface area contributed by atoms with Crippen LogP contribution >= 0.6 is 27.5 Å². The Labute approximate surface area is 197 Å². The van der Waals surface area contributed by atoms with Gasteiger partial charge in [-0.05, 0) is 48.2 Å². The zero-order chi connectivity index (χ0) is 22.2. The topological polar surface area (TPSA) is 58.6 Å². The Morgan fingerprint density at radius 1 is 1.16 bits per heavy atom. The number of rotatable bonds is 8.